The summed E-state index contributed by atoms with van der Waals surface area (Å²) in [5.74, 6) is 0.620. The first-order valence-corrected chi connectivity index (χ1v) is 8.31. The van der Waals surface area contributed by atoms with Crippen LogP contribution in [-0.2, 0) is 4.79 Å². The van der Waals surface area contributed by atoms with Gasteiger partial charge in [-0.15, -0.1) is 0 Å². The van der Waals surface area contributed by atoms with E-state index in [1.165, 1.54) is 32.1 Å². The van der Waals surface area contributed by atoms with Gasteiger partial charge in [0.05, 0.1) is 5.92 Å². The van der Waals surface area contributed by atoms with E-state index in [0.717, 1.165) is 12.0 Å². The van der Waals surface area contributed by atoms with Crippen LogP contribution in [0.2, 0.25) is 0 Å². The first-order valence-electron chi connectivity index (χ1n) is 8.31. The summed E-state index contributed by atoms with van der Waals surface area (Å²) in [5.41, 5.74) is 7.01. The molecule has 1 saturated carbocycles. The Bertz CT molecular complexity index is 426. The van der Waals surface area contributed by atoms with Crippen LogP contribution in [0.4, 0.5) is 0 Å². The Morgan fingerprint density at radius 2 is 1.90 bits per heavy atom. The lowest BCUT2D eigenvalue weighted by molar-refractivity contribution is -0.123. The van der Waals surface area contributed by atoms with Gasteiger partial charge in [0.2, 0.25) is 5.91 Å². The Morgan fingerprint density at radius 1 is 1.24 bits per heavy atom. The second-order valence-electron chi connectivity index (χ2n) is 6.12. The maximum atomic E-state index is 12.6. The number of carbonyl (C=O) groups excluding carboxylic acids is 1. The highest BCUT2D eigenvalue weighted by Crippen LogP contribution is 2.27. The molecule has 3 N–H and O–H groups in total. The molecule has 1 aromatic carbocycles. The molecular weight excluding hydrogens is 260 g/mol. The fourth-order valence-electron chi connectivity index (χ4n) is 3.45. The lowest BCUT2D eigenvalue weighted by Gasteiger charge is -2.31. The highest BCUT2D eigenvalue weighted by atomic mass is 16.1. The van der Waals surface area contributed by atoms with Crippen LogP contribution in [0.15, 0.2) is 30.3 Å². The molecule has 0 aliphatic heterocycles. The predicted molar refractivity (Wildman–Crippen MR) is 87.0 cm³/mol. The Labute approximate surface area is 128 Å². The van der Waals surface area contributed by atoms with Crippen molar-refractivity contribution in [3.8, 4) is 0 Å². The molecule has 1 aromatic rings. The molecule has 0 bridgehead atoms. The second kappa shape index (κ2) is 8.18. The van der Waals surface area contributed by atoms with E-state index in [1.54, 1.807) is 0 Å². The first-order chi connectivity index (χ1) is 10.3. The van der Waals surface area contributed by atoms with Gasteiger partial charge >= 0.3 is 0 Å². The molecular formula is C18H28N2O. The Balaban J connectivity index is 2.00. The summed E-state index contributed by atoms with van der Waals surface area (Å²) in [5, 5.41) is 3.22. The van der Waals surface area contributed by atoms with E-state index >= 15 is 0 Å². The molecule has 2 atom stereocenters. The van der Waals surface area contributed by atoms with Gasteiger partial charge in [0, 0.05) is 12.6 Å². The third-order valence-electron chi connectivity index (χ3n) is 4.73. The van der Waals surface area contributed by atoms with Gasteiger partial charge in [-0.3, -0.25) is 4.79 Å². The van der Waals surface area contributed by atoms with Crippen LogP contribution in [0.1, 0.15) is 56.9 Å². The van der Waals surface area contributed by atoms with Gasteiger partial charge < -0.3 is 11.1 Å². The lowest BCUT2D eigenvalue weighted by atomic mass is 9.83. The van der Waals surface area contributed by atoms with Crippen molar-refractivity contribution >= 4 is 5.91 Å². The van der Waals surface area contributed by atoms with Gasteiger partial charge in [0.1, 0.15) is 0 Å². The number of nitrogens with one attached hydrogen (secondary N) is 1. The SMILES string of the molecule is CCC(C(=O)NC(CN)C1CCCCC1)c1ccccc1. The maximum absolute atomic E-state index is 12.6. The van der Waals surface area contributed by atoms with Gasteiger partial charge in [0.15, 0.2) is 0 Å². The quantitative estimate of drug-likeness (QED) is 0.844. The van der Waals surface area contributed by atoms with E-state index in [2.05, 4.69) is 12.2 Å². The fraction of sp³-hybridized carbons (Fsp3) is 0.611. The summed E-state index contributed by atoms with van der Waals surface area (Å²) in [6, 6.07) is 10.2. The number of hydrogen-bond acceptors (Lipinski definition) is 2. The van der Waals surface area contributed by atoms with Crippen molar-refractivity contribution in [3.63, 3.8) is 0 Å². The molecule has 0 heterocycles. The molecule has 116 valence electrons. The molecule has 3 heteroatoms. The zero-order valence-corrected chi connectivity index (χ0v) is 13.1. The molecule has 1 aliphatic rings. The van der Waals surface area contributed by atoms with Crippen LogP contribution in [0.25, 0.3) is 0 Å². The summed E-state index contributed by atoms with van der Waals surface area (Å²) in [4.78, 5) is 12.6. The minimum Gasteiger partial charge on any atom is -0.351 e. The summed E-state index contributed by atoms with van der Waals surface area (Å²) >= 11 is 0. The van der Waals surface area contributed by atoms with Crippen LogP contribution >= 0.6 is 0 Å². The highest BCUT2D eigenvalue weighted by molar-refractivity contribution is 5.83. The molecule has 2 unspecified atom stereocenters. The molecule has 3 nitrogen and oxygen atoms in total. The second-order valence-corrected chi connectivity index (χ2v) is 6.12. The van der Waals surface area contributed by atoms with Crippen LogP contribution in [0, 0.1) is 5.92 Å². The topological polar surface area (TPSA) is 55.1 Å². The van der Waals surface area contributed by atoms with Crippen molar-refractivity contribution in [3.05, 3.63) is 35.9 Å². The molecule has 2 rings (SSSR count). The molecule has 0 radical (unpaired) electrons. The molecule has 0 aromatic heterocycles. The summed E-state index contributed by atoms with van der Waals surface area (Å²) in [7, 11) is 0. The maximum Gasteiger partial charge on any atom is 0.227 e. The summed E-state index contributed by atoms with van der Waals surface area (Å²) in [6.07, 6.45) is 7.08. The molecule has 1 aliphatic carbocycles. The van der Waals surface area contributed by atoms with Gasteiger partial charge in [-0.2, -0.15) is 0 Å². The Morgan fingerprint density at radius 3 is 2.48 bits per heavy atom. The van der Waals surface area contributed by atoms with Gasteiger partial charge in [-0.25, -0.2) is 0 Å². The van der Waals surface area contributed by atoms with E-state index in [4.69, 9.17) is 5.73 Å². The normalized spacial score (nSPS) is 19.0. The average molecular weight is 288 g/mol. The van der Waals surface area contributed by atoms with Gasteiger partial charge in [0.25, 0.3) is 0 Å². The van der Waals surface area contributed by atoms with Crippen molar-refractivity contribution in [2.45, 2.75) is 57.4 Å². The van der Waals surface area contributed by atoms with Crippen molar-refractivity contribution in [1.29, 1.82) is 0 Å². The van der Waals surface area contributed by atoms with E-state index in [9.17, 15) is 4.79 Å². The van der Waals surface area contributed by atoms with E-state index in [-0.39, 0.29) is 17.9 Å². The number of hydrogen-bond donors (Lipinski definition) is 2. The average Bonchev–Trinajstić information content (AvgIpc) is 2.55. The van der Waals surface area contributed by atoms with Gasteiger partial charge in [-0.05, 0) is 30.7 Å². The van der Waals surface area contributed by atoms with Gasteiger partial charge in [-0.1, -0.05) is 56.5 Å². The monoisotopic (exact) mass is 288 g/mol. The molecule has 1 fully saturated rings. The van der Waals surface area contributed by atoms with E-state index in [0.29, 0.717) is 12.5 Å². The van der Waals surface area contributed by atoms with Crippen molar-refractivity contribution in [2.75, 3.05) is 6.54 Å². The predicted octanol–water partition coefficient (Wildman–Crippen LogP) is 3.20. The summed E-state index contributed by atoms with van der Waals surface area (Å²) in [6.45, 7) is 2.61. The van der Waals surface area contributed by atoms with Crippen LogP contribution in [-0.4, -0.2) is 18.5 Å². The van der Waals surface area contributed by atoms with Crippen molar-refractivity contribution < 1.29 is 4.79 Å². The number of rotatable bonds is 6. The fourth-order valence-corrected chi connectivity index (χ4v) is 3.45. The van der Waals surface area contributed by atoms with Crippen LogP contribution < -0.4 is 11.1 Å². The minimum atomic E-state index is -0.0659. The Hall–Kier alpha value is -1.35. The zero-order chi connectivity index (χ0) is 15.1. The minimum absolute atomic E-state index is 0.0659. The van der Waals surface area contributed by atoms with Crippen molar-refractivity contribution in [1.82, 2.24) is 5.32 Å². The molecule has 21 heavy (non-hydrogen) atoms. The van der Waals surface area contributed by atoms with E-state index < -0.39 is 0 Å². The summed E-state index contributed by atoms with van der Waals surface area (Å²) < 4.78 is 0. The van der Waals surface area contributed by atoms with Crippen molar-refractivity contribution in [2.24, 2.45) is 11.7 Å². The standard InChI is InChI=1S/C18H28N2O/c1-2-16(14-9-5-3-6-10-14)18(21)20-17(13-19)15-11-7-4-8-12-15/h3,5-6,9-10,15-17H,2,4,7-8,11-13,19H2,1H3,(H,20,21). The number of benzene rings is 1. The first kappa shape index (κ1) is 16.0. The van der Waals surface area contributed by atoms with Crippen LogP contribution in [0.3, 0.4) is 0 Å². The molecule has 0 saturated heterocycles. The molecule has 1 amide bonds. The van der Waals surface area contributed by atoms with Crippen LogP contribution in [0.5, 0.6) is 0 Å². The number of amides is 1. The third-order valence-corrected chi connectivity index (χ3v) is 4.73. The van der Waals surface area contributed by atoms with E-state index in [1.807, 2.05) is 30.3 Å². The highest BCUT2D eigenvalue weighted by Gasteiger charge is 2.27. The Kier molecular flexibility index (Phi) is 6.24. The lowest BCUT2D eigenvalue weighted by Crippen LogP contribution is -2.47. The number of carbonyl (C=O) groups is 1. The molecule has 0 spiro atoms. The number of nitrogens with two attached hydrogens (primary N) is 1. The smallest absolute Gasteiger partial charge is 0.227 e. The zero-order valence-electron chi connectivity index (χ0n) is 13.1. The largest absolute Gasteiger partial charge is 0.351 e. The third kappa shape index (κ3) is 4.31.